The first kappa shape index (κ1) is 14.0. The van der Waals surface area contributed by atoms with E-state index in [0.717, 1.165) is 0 Å². The molecule has 0 radical (unpaired) electrons. The molecule has 1 amide bonds. The minimum Gasteiger partial charge on any atom is -0.481 e. The van der Waals surface area contributed by atoms with E-state index in [9.17, 15) is 14.0 Å². The Morgan fingerprint density at radius 1 is 1.42 bits per heavy atom. The fourth-order valence-electron chi connectivity index (χ4n) is 2.07. The molecule has 1 fully saturated rings. The first-order valence-corrected chi connectivity index (χ1v) is 6.71. The van der Waals surface area contributed by atoms with Crippen LogP contribution in [0.5, 0.6) is 0 Å². The fraction of sp³-hybridized carbons (Fsp3) is 0.385. The topological polar surface area (TPSA) is 66.4 Å². The van der Waals surface area contributed by atoms with E-state index in [1.165, 1.54) is 12.1 Å². The first-order valence-electron chi connectivity index (χ1n) is 5.92. The van der Waals surface area contributed by atoms with Crippen LogP contribution in [0.2, 0.25) is 0 Å². The monoisotopic (exact) mass is 329 g/mol. The van der Waals surface area contributed by atoms with Crippen molar-refractivity contribution in [3.8, 4) is 0 Å². The molecule has 1 aromatic rings. The van der Waals surface area contributed by atoms with Gasteiger partial charge in [0.05, 0.1) is 12.3 Å². The van der Waals surface area contributed by atoms with Crippen LogP contribution in [0.25, 0.3) is 0 Å². The van der Waals surface area contributed by atoms with E-state index in [0.29, 0.717) is 22.9 Å². The molecule has 2 N–H and O–H groups in total. The lowest BCUT2D eigenvalue weighted by atomic mass is 9.80. The van der Waals surface area contributed by atoms with Crippen LogP contribution in [0.3, 0.4) is 0 Å². The number of amides is 1. The number of carboxylic acid groups (broad SMARTS) is 1. The summed E-state index contributed by atoms with van der Waals surface area (Å²) in [7, 11) is 0. The van der Waals surface area contributed by atoms with E-state index >= 15 is 0 Å². The van der Waals surface area contributed by atoms with E-state index < -0.39 is 5.97 Å². The molecule has 0 aromatic heterocycles. The highest BCUT2D eigenvalue weighted by molar-refractivity contribution is 9.10. The molecule has 1 aliphatic rings. The molecule has 102 valence electrons. The van der Waals surface area contributed by atoms with Gasteiger partial charge in [-0.3, -0.25) is 9.59 Å². The summed E-state index contributed by atoms with van der Waals surface area (Å²) >= 11 is 3.26. The van der Waals surface area contributed by atoms with Gasteiger partial charge in [0, 0.05) is 10.5 Å². The van der Waals surface area contributed by atoms with Crippen molar-refractivity contribution in [2.75, 3.05) is 0 Å². The zero-order valence-electron chi connectivity index (χ0n) is 10.0. The summed E-state index contributed by atoms with van der Waals surface area (Å²) in [6.07, 6.45) is 1.00. The minimum atomic E-state index is -0.821. The Bertz CT molecular complexity index is 515. The predicted molar refractivity (Wildman–Crippen MR) is 70.1 cm³/mol. The van der Waals surface area contributed by atoms with Gasteiger partial charge < -0.3 is 10.4 Å². The number of carbonyl (C=O) groups is 2. The van der Waals surface area contributed by atoms with Crippen molar-refractivity contribution in [1.82, 2.24) is 5.32 Å². The molecule has 4 nitrogen and oxygen atoms in total. The van der Waals surface area contributed by atoms with Crippen LogP contribution >= 0.6 is 15.9 Å². The van der Waals surface area contributed by atoms with Crippen LogP contribution in [-0.2, 0) is 16.0 Å². The number of halogens is 2. The number of nitrogens with one attached hydrogen (secondary N) is 1. The normalized spacial score (nSPS) is 21.6. The van der Waals surface area contributed by atoms with Crippen LogP contribution in [0.15, 0.2) is 22.7 Å². The van der Waals surface area contributed by atoms with Gasteiger partial charge >= 0.3 is 5.97 Å². The molecule has 19 heavy (non-hydrogen) atoms. The lowest BCUT2D eigenvalue weighted by Gasteiger charge is -2.32. The van der Waals surface area contributed by atoms with Gasteiger partial charge in [-0.15, -0.1) is 0 Å². The highest BCUT2D eigenvalue weighted by Crippen LogP contribution is 2.27. The standard InChI is InChI=1S/C13H13BrFNO3/c14-11-2-1-9(15)3-7(11)6-12(17)16-10-4-8(5-10)13(18)19/h1-3,8,10H,4-6H2,(H,16,17)(H,18,19). The Morgan fingerprint density at radius 3 is 2.74 bits per heavy atom. The van der Waals surface area contributed by atoms with Crippen LogP contribution in [0, 0.1) is 11.7 Å². The van der Waals surface area contributed by atoms with Gasteiger partial charge in [0.2, 0.25) is 5.91 Å². The molecule has 0 saturated heterocycles. The van der Waals surface area contributed by atoms with Crippen LogP contribution in [0.1, 0.15) is 18.4 Å². The maximum absolute atomic E-state index is 13.1. The Labute approximate surface area is 118 Å². The average molecular weight is 330 g/mol. The summed E-state index contributed by atoms with van der Waals surface area (Å²) in [4.78, 5) is 22.4. The van der Waals surface area contributed by atoms with Crippen LogP contribution in [-0.4, -0.2) is 23.0 Å². The van der Waals surface area contributed by atoms with Gasteiger partial charge in [0.25, 0.3) is 0 Å². The summed E-state index contributed by atoms with van der Waals surface area (Å²) in [5, 5.41) is 11.5. The quantitative estimate of drug-likeness (QED) is 0.889. The van der Waals surface area contributed by atoms with Crippen molar-refractivity contribution >= 4 is 27.8 Å². The van der Waals surface area contributed by atoms with E-state index in [4.69, 9.17) is 5.11 Å². The molecule has 0 atom stereocenters. The summed E-state index contributed by atoms with van der Waals surface area (Å²) in [5.74, 6) is -1.79. The van der Waals surface area contributed by atoms with Gasteiger partial charge in [-0.05, 0) is 36.6 Å². The number of hydrogen-bond acceptors (Lipinski definition) is 2. The van der Waals surface area contributed by atoms with E-state index in [1.807, 2.05) is 0 Å². The molecule has 2 rings (SSSR count). The third-order valence-electron chi connectivity index (χ3n) is 3.21. The molecule has 1 aromatic carbocycles. The van der Waals surface area contributed by atoms with Crippen molar-refractivity contribution in [2.24, 2.45) is 5.92 Å². The predicted octanol–water partition coefficient (Wildman–Crippen LogP) is 2.11. The van der Waals surface area contributed by atoms with Gasteiger partial charge in [-0.2, -0.15) is 0 Å². The van der Waals surface area contributed by atoms with E-state index in [2.05, 4.69) is 21.2 Å². The molecule has 0 unspecified atom stereocenters. The first-order chi connectivity index (χ1) is 8.95. The van der Waals surface area contributed by atoms with Gasteiger partial charge in [-0.1, -0.05) is 15.9 Å². The summed E-state index contributed by atoms with van der Waals surface area (Å²) in [6.45, 7) is 0. The summed E-state index contributed by atoms with van der Waals surface area (Å²) in [6, 6.07) is 4.10. The average Bonchev–Trinajstić information content (AvgIpc) is 2.27. The number of aliphatic carboxylic acids is 1. The number of carbonyl (C=O) groups excluding carboxylic acids is 1. The van der Waals surface area contributed by atoms with Gasteiger partial charge in [0.1, 0.15) is 5.82 Å². The highest BCUT2D eigenvalue weighted by atomic mass is 79.9. The number of carboxylic acids is 1. The Kier molecular flexibility index (Phi) is 4.19. The van der Waals surface area contributed by atoms with Crippen LogP contribution in [0.4, 0.5) is 4.39 Å². The van der Waals surface area contributed by atoms with Crippen molar-refractivity contribution < 1.29 is 19.1 Å². The molecule has 0 aliphatic heterocycles. The maximum Gasteiger partial charge on any atom is 0.306 e. The molecule has 0 heterocycles. The summed E-state index contributed by atoms with van der Waals surface area (Å²) < 4.78 is 13.7. The Morgan fingerprint density at radius 2 is 2.11 bits per heavy atom. The fourth-order valence-corrected chi connectivity index (χ4v) is 2.45. The number of hydrogen-bond donors (Lipinski definition) is 2. The van der Waals surface area contributed by atoms with Crippen molar-refractivity contribution in [1.29, 1.82) is 0 Å². The smallest absolute Gasteiger partial charge is 0.306 e. The summed E-state index contributed by atoms with van der Waals surface area (Å²) in [5.41, 5.74) is 0.576. The second kappa shape index (κ2) is 5.69. The Balaban J connectivity index is 1.85. The third kappa shape index (κ3) is 3.53. The molecule has 0 bridgehead atoms. The largest absolute Gasteiger partial charge is 0.481 e. The lowest BCUT2D eigenvalue weighted by Crippen LogP contribution is -2.47. The van der Waals surface area contributed by atoms with Crippen molar-refractivity contribution in [3.05, 3.63) is 34.1 Å². The van der Waals surface area contributed by atoms with Gasteiger partial charge in [-0.25, -0.2) is 4.39 Å². The minimum absolute atomic E-state index is 0.0760. The van der Waals surface area contributed by atoms with E-state index in [-0.39, 0.29) is 30.1 Å². The zero-order valence-corrected chi connectivity index (χ0v) is 11.6. The molecule has 1 aliphatic carbocycles. The Hall–Kier alpha value is -1.43. The van der Waals surface area contributed by atoms with Crippen molar-refractivity contribution in [2.45, 2.75) is 25.3 Å². The highest BCUT2D eigenvalue weighted by Gasteiger charge is 2.35. The zero-order chi connectivity index (χ0) is 14.0. The van der Waals surface area contributed by atoms with Gasteiger partial charge in [0.15, 0.2) is 0 Å². The third-order valence-corrected chi connectivity index (χ3v) is 3.98. The van der Waals surface area contributed by atoms with Crippen LogP contribution < -0.4 is 5.32 Å². The van der Waals surface area contributed by atoms with Crippen molar-refractivity contribution in [3.63, 3.8) is 0 Å². The second-order valence-electron chi connectivity index (χ2n) is 4.68. The molecule has 1 saturated carbocycles. The molecular formula is C13H13BrFNO3. The molecule has 6 heteroatoms. The number of benzene rings is 1. The lowest BCUT2D eigenvalue weighted by molar-refractivity contribution is -0.146. The molecular weight excluding hydrogens is 317 g/mol. The molecule has 0 spiro atoms. The second-order valence-corrected chi connectivity index (χ2v) is 5.54. The number of rotatable bonds is 4. The SMILES string of the molecule is O=C(Cc1cc(F)ccc1Br)NC1CC(C(=O)O)C1. The maximum atomic E-state index is 13.1. The van der Waals surface area contributed by atoms with E-state index in [1.54, 1.807) is 6.07 Å².